The molecule has 0 bridgehead atoms. The van der Waals surface area contributed by atoms with Gasteiger partial charge in [-0.15, -0.1) is 0 Å². The second kappa shape index (κ2) is 4.42. The predicted octanol–water partition coefficient (Wildman–Crippen LogP) is 2.41. The number of nitrogens with zero attached hydrogens (tertiary/aromatic N) is 1. The minimum atomic E-state index is -0.356. The lowest BCUT2D eigenvalue weighted by Crippen LogP contribution is -2.47. The van der Waals surface area contributed by atoms with Crippen molar-refractivity contribution in [1.82, 2.24) is 4.90 Å². The molecule has 0 aromatic heterocycles. The fourth-order valence-corrected chi connectivity index (χ4v) is 3.20. The van der Waals surface area contributed by atoms with Crippen LogP contribution in [0.4, 0.5) is 0 Å². The Morgan fingerprint density at radius 2 is 2.13 bits per heavy atom. The summed E-state index contributed by atoms with van der Waals surface area (Å²) < 4.78 is 0. The van der Waals surface area contributed by atoms with E-state index in [0.29, 0.717) is 12.0 Å². The zero-order valence-electron chi connectivity index (χ0n) is 10.2. The van der Waals surface area contributed by atoms with E-state index in [4.69, 9.17) is 0 Å². The number of piperidine rings is 1. The Morgan fingerprint density at radius 1 is 1.33 bits per heavy atom. The van der Waals surface area contributed by atoms with Crippen molar-refractivity contribution in [1.29, 1.82) is 0 Å². The Kier molecular flexibility index (Phi) is 3.36. The van der Waals surface area contributed by atoms with E-state index in [9.17, 15) is 5.11 Å². The van der Waals surface area contributed by atoms with E-state index < -0.39 is 0 Å². The van der Waals surface area contributed by atoms with Crippen LogP contribution in [0.15, 0.2) is 0 Å². The molecule has 2 saturated heterocycles. The molecule has 2 rings (SSSR count). The Bertz CT molecular complexity index is 217. The van der Waals surface area contributed by atoms with Gasteiger partial charge in [0.2, 0.25) is 0 Å². The second-order valence-corrected chi connectivity index (χ2v) is 5.83. The maximum atomic E-state index is 10.7. The smallest absolute Gasteiger partial charge is 0.0814 e. The normalized spacial score (nSPS) is 37.2. The summed E-state index contributed by atoms with van der Waals surface area (Å²) in [5.74, 6) is 0.715. The summed E-state index contributed by atoms with van der Waals surface area (Å²) >= 11 is 0. The average Bonchev–Trinajstić information content (AvgIpc) is 2.56. The highest BCUT2D eigenvalue weighted by molar-refractivity contribution is 5.01. The third kappa shape index (κ3) is 2.36. The molecule has 2 aliphatic heterocycles. The van der Waals surface area contributed by atoms with Crippen molar-refractivity contribution in [2.45, 2.75) is 64.0 Å². The summed E-state index contributed by atoms with van der Waals surface area (Å²) in [6.07, 6.45) is 7.04. The summed E-state index contributed by atoms with van der Waals surface area (Å²) in [6, 6.07) is 0.477. The molecule has 2 aliphatic rings. The van der Waals surface area contributed by atoms with Crippen molar-refractivity contribution in [2.75, 3.05) is 13.1 Å². The van der Waals surface area contributed by atoms with Crippen LogP contribution >= 0.6 is 0 Å². The Labute approximate surface area is 93.7 Å². The monoisotopic (exact) mass is 211 g/mol. The van der Waals surface area contributed by atoms with Crippen LogP contribution < -0.4 is 0 Å². The Morgan fingerprint density at radius 3 is 2.87 bits per heavy atom. The van der Waals surface area contributed by atoms with Crippen LogP contribution in [0.25, 0.3) is 0 Å². The minimum Gasteiger partial charge on any atom is -0.388 e. The van der Waals surface area contributed by atoms with Crippen molar-refractivity contribution in [2.24, 2.45) is 5.92 Å². The summed E-state index contributed by atoms with van der Waals surface area (Å²) in [6.45, 7) is 6.84. The summed E-state index contributed by atoms with van der Waals surface area (Å²) in [5, 5.41) is 10.7. The quantitative estimate of drug-likeness (QED) is 0.775. The highest BCUT2D eigenvalue weighted by Gasteiger charge is 2.45. The summed E-state index contributed by atoms with van der Waals surface area (Å²) in [7, 11) is 0. The van der Waals surface area contributed by atoms with Crippen LogP contribution in [0, 0.1) is 5.92 Å². The Hall–Kier alpha value is -0.0800. The van der Waals surface area contributed by atoms with Gasteiger partial charge < -0.3 is 5.11 Å². The van der Waals surface area contributed by atoms with E-state index in [1.807, 2.05) is 0 Å². The molecular formula is C13H25NO. The van der Waals surface area contributed by atoms with Gasteiger partial charge in [-0.3, -0.25) is 4.90 Å². The first kappa shape index (κ1) is 11.4. The first-order chi connectivity index (χ1) is 7.12. The van der Waals surface area contributed by atoms with Crippen LogP contribution in [0.3, 0.4) is 0 Å². The molecule has 0 amide bonds. The molecule has 2 nitrogen and oxygen atoms in total. The number of hydrogen-bond acceptors (Lipinski definition) is 2. The first-order valence-corrected chi connectivity index (χ1v) is 6.58. The van der Waals surface area contributed by atoms with Gasteiger partial charge >= 0.3 is 0 Å². The maximum absolute atomic E-state index is 10.7. The molecule has 2 unspecified atom stereocenters. The SMILES string of the molecule is CC(C)CCC1(O)CCN2CCCCC21. The van der Waals surface area contributed by atoms with Gasteiger partial charge in [-0.2, -0.15) is 0 Å². The molecule has 0 saturated carbocycles. The third-order valence-electron chi connectivity index (χ3n) is 4.22. The molecule has 15 heavy (non-hydrogen) atoms. The van der Waals surface area contributed by atoms with Gasteiger partial charge in [0, 0.05) is 12.6 Å². The highest BCUT2D eigenvalue weighted by Crippen LogP contribution is 2.38. The second-order valence-electron chi connectivity index (χ2n) is 5.83. The molecule has 0 radical (unpaired) electrons. The van der Waals surface area contributed by atoms with Crippen molar-refractivity contribution in [3.8, 4) is 0 Å². The van der Waals surface area contributed by atoms with Crippen LogP contribution in [0.5, 0.6) is 0 Å². The standard InChI is InChI=1S/C13H25NO/c1-11(2)6-7-13(15)8-10-14-9-4-3-5-12(13)14/h11-12,15H,3-10H2,1-2H3. The average molecular weight is 211 g/mol. The van der Waals surface area contributed by atoms with Crippen LogP contribution in [-0.4, -0.2) is 34.7 Å². The fraction of sp³-hybridized carbons (Fsp3) is 1.00. The molecule has 0 spiro atoms. The van der Waals surface area contributed by atoms with E-state index in [2.05, 4.69) is 18.7 Å². The zero-order chi connectivity index (χ0) is 10.9. The van der Waals surface area contributed by atoms with Gasteiger partial charge in [-0.1, -0.05) is 20.3 Å². The minimum absolute atomic E-state index is 0.356. The predicted molar refractivity (Wildman–Crippen MR) is 62.9 cm³/mol. The number of aliphatic hydroxyl groups is 1. The van der Waals surface area contributed by atoms with Crippen molar-refractivity contribution in [3.63, 3.8) is 0 Å². The van der Waals surface area contributed by atoms with Crippen LogP contribution in [0.2, 0.25) is 0 Å². The van der Waals surface area contributed by atoms with E-state index in [1.54, 1.807) is 0 Å². The fourth-order valence-electron chi connectivity index (χ4n) is 3.20. The molecule has 2 heterocycles. The topological polar surface area (TPSA) is 23.5 Å². The molecular weight excluding hydrogens is 186 g/mol. The third-order valence-corrected chi connectivity index (χ3v) is 4.22. The van der Waals surface area contributed by atoms with Crippen molar-refractivity contribution in [3.05, 3.63) is 0 Å². The number of fused-ring (bicyclic) bond motifs is 1. The number of hydrogen-bond donors (Lipinski definition) is 1. The van der Waals surface area contributed by atoms with E-state index >= 15 is 0 Å². The molecule has 1 N–H and O–H groups in total. The first-order valence-electron chi connectivity index (χ1n) is 6.58. The van der Waals surface area contributed by atoms with E-state index in [-0.39, 0.29) is 5.60 Å². The lowest BCUT2D eigenvalue weighted by atomic mass is 9.83. The van der Waals surface area contributed by atoms with Gasteiger partial charge in [0.25, 0.3) is 0 Å². The molecule has 0 aromatic rings. The van der Waals surface area contributed by atoms with E-state index in [0.717, 1.165) is 19.4 Å². The molecule has 2 atom stereocenters. The van der Waals surface area contributed by atoms with Gasteiger partial charge in [0.1, 0.15) is 0 Å². The summed E-state index contributed by atoms with van der Waals surface area (Å²) in [4.78, 5) is 2.52. The van der Waals surface area contributed by atoms with Crippen LogP contribution in [-0.2, 0) is 0 Å². The molecule has 0 aliphatic carbocycles. The van der Waals surface area contributed by atoms with Gasteiger partial charge in [-0.05, 0) is 44.6 Å². The van der Waals surface area contributed by atoms with E-state index in [1.165, 1.54) is 32.2 Å². The highest BCUT2D eigenvalue weighted by atomic mass is 16.3. The van der Waals surface area contributed by atoms with Gasteiger partial charge in [-0.25, -0.2) is 0 Å². The summed E-state index contributed by atoms with van der Waals surface area (Å²) in [5.41, 5.74) is -0.356. The zero-order valence-corrected chi connectivity index (χ0v) is 10.2. The molecule has 88 valence electrons. The lowest BCUT2D eigenvalue weighted by Gasteiger charge is -2.37. The van der Waals surface area contributed by atoms with Gasteiger partial charge in [0.15, 0.2) is 0 Å². The lowest BCUT2D eigenvalue weighted by molar-refractivity contribution is -0.0195. The van der Waals surface area contributed by atoms with Crippen molar-refractivity contribution >= 4 is 0 Å². The van der Waals surface area contributed by atoms with Gasteiger partial charge in [0.05, 0.1) is 5.60 Å². The molecule has 2 fully saturated rings. The van der Waals surface area contributed by atoms with Crippen molar-refractivity contribution < 1.29 is 5.11 Å². The van der Waals surface area contributed by atoms with Crippen LogP contribution in [0.1, 0.15) is 52.4 Å². The number of rotatable bonds is 3. The molecule has 0 aromatic carbocycles. The Balaban J connectivity index is 1.95. The maximum Gasteiger partial charge on any atom is 0.0814 e. The molecule has 2 heteroatoms. The largest absolute Gasteiger partial charge is 0.388 e.